The van der Waals surface area contributed by atoms with Gasteiger partial charge in [-0.05, 0) is 51.8 Å². The number of fused-ring (bicyclic) bond motifs is 1. The minimum atomic E-state index is -0.742. The molecule has 1 aliphatic rings. The summed E-state index contributed by atoms with van der Waals surface area (Å²) in [5.74, 6) is 2.03. The zero-order chi connectivity index (χ0) is 21.5. The molecular weight excluding hydrogens is 382 g/mol. The molecule has 160 valence electrons. The Kier molecular flexibility index (Phi) is 5.01. The second-order valence-corrected chi connectivity index (χ2v) is 9.18. The number of rotatable bonds is 5. The molecule has 0 saturated carbocycles. The predicted molar refractivity (Wildman–Crippen MR) is 116 cm³/mol. The average Bonchev–Trinajstić information content (AvgIpc) is 3.23. The first-order chi connectivity index (χ1) is 14.1. The first-order valence-electron chi connectivity index (χ1n) is 10.1. The monoisotopic (exact) mass is 411 g/mol. The van der Waals surface area contributed by atoms with Crippen molar-refractivity contribution in [3.8, 4) is 5.75 Å². The third kappa shape index (κ3) is 4.30. The summed E-state index contributed by atoms with van der Waals surface area (Å²) in [6.45, 7) is 9.78. The van der Waals surface area contributed by atoms with E-state index in [1.54, 1.807) is 11.8 Å². The molecule has 0 bridgehead atoms. The van der Waals surface area contributed by atoms with Crippen molar-refractivity contribution in [3.05, 3.63) is 29.8 Å². The fourth-order valence-corrected chi connectivity index (χ4v) is 3.59. The van der Waals surface area contributed by atoms with Crippen molar-refractivity contribution in [1.29, 1.82) is 0 Å². The van der Waals surface area contributed by atoms with Crippen molar-refractivity contribution in [2.75, 3.05) is 30.4 Å². The van der Waals surface area contributed by atoms with Gasteiger partial charge in [0.1, 0.15) is 5.75 Å². The minimum absolute atomic E-state index is 0.199. The number of nitrogens with one attached hydrogen (secondary N) is 1. The summed E-state index contributed by atoms with van der Waals surface area (Å²) in [6, 6.07) is 7.85. The number of aromatic nitrogens is 5. The standard InChI is InChI=1S/C21H29N7O2/c1-20(2,3)24-19-22-17(27-11-10-21(4,29)13-27)16-18(23-19)28(26-25-16)12-14-6-8-15(30-5)9-7-14/h6-9,29H,10-13H2,1-5H3,(H,22,23,24)/t21-/m0/s1. The van der Waals surface area contributed by atoms with Gasteiger partial charge in [0, 0.05) is 18.6 Å². The first kappa shape index (κ1) is 20.3. The molecule has 2 N–H and O–H groups in total. The van der Waals surface area contributed by atoms with Crippen molar-refractivity contribution in [2.24, 2.45) is 0 Å². The van der Waals surface area contributed by atoms with E-state index in [4.69, 9.17) is 14.7 Å². The van der Waals surface area contributed by atoms with E-state index < -0.39 is 5.60 Å². The van der Waals surface area contributed by atoms with Crippen LogP contribution in [0.5, 0.6) is 5.75 Å². The number of ether oxygens (including phenoxy) is 1. The van der Waals surface area contributed by atoms with E-state index >= 15 is 0 Å². The largest absolute Gasteiger partial charge is 0.497 e. The zero-order valence-electron chi connectivity index (χ0n) is 18.2. The van der Waals surface area contributed by atoms with Crippen LogP contribution < -0.4 is 15.0 Å². The third-order valence-electron chi connectivity index (χ3n) is 5.07. The van der Waals surface area contributed by atoms with Gasteiger partial charge in [0.25, 0.3) is 0 Å². The van der Waals surface area contributed by atoms with E-state index in [0.29, 0.717) is 49.0 Å². The topological polar surface area (TPSA) is 101 Å². The number of hydrogen-bond acceptors (Lipinski definition) is 8. The SMILES string of the molecule is COc1ccc(Cn2nnc3c(N4CC[C@](C)(O)C4)nc(NC(C)(C)C)nc32)cc1. The van der Waals surface area contributed by atoms with Crippen LogP contribution in [0.25, 0.3) is 11.2 Å². The number of anilines is 2. The molecule has 1 atom stereocenters. The number of aliphatic hydroxyl groups is 1. The van der Waals surface area contributed by atoms with Gasteiger partial charge in [0.05, 0.1) is 19.3 Å². The second kappa shape index (κ2) is 7.39. The van der Waals surface area contributed by atoms with Crippen LogP contribution in [0, 0.1) is 0 Å². The molecule has 0 radical (unpaired) electrons. The fourth-order valence-electron chi connectivity index (χ4n) is 3.59. The predicted octanol–water partition coefficient (Wildman–Crippen LogP) is 2.45. The first-order valence-corrected chi connectivity index (χ1v) is 10.1. The smallest absolute Gasteiger partial charge is 0.227 e. The maximum absolute atomic E-state index is 10.4. The summed E-state index contributed by atoms with van der Waals surface area (Å²) in [4.78, 5) is 11.5. The van der Waals surface area contributed by atoms with Gasteiger partial charge < -0.3 is 20.1 Å². The Morgan fingerprint density at radius 1 is 1.20 bits per heavy atom. The highest BCUT2D eigenvalue weighted by molar-refractivity contribution is 5.84. The lowest BCUT2D eigenvalue weighted by molar-refractivity contribution is 0.0839. The Labute approximate surface area is 176 Å². The average molecular weight is 412 g/mol. The summed E-state index contributed by atoms with van der Waals surface area (Å²) in [5.41, 5.74) is 1.43. The molecule has 0 amide bonds. The summed E-state index contributed by atoms with van der Waals surface area (Å²) >= 11 is 0. The van der Waals surface area contributed by atoms with Crippen LogP contribution >= 0.6 is 0 Å². The summed E-state index contributed by atoms with van der Waals surface area (Å²) in [5, 5.41) is 22.5. The maximum atomic E-state index is 10.4. The molecule has 1 saturated heterocycles. The van der Waals surface area contributed by atoms with Gasteiger partial charge in [0.15, 0.2) is 17.0 Å². The molecule has 1 fully saturated rings. The van der Waals surface area contributed by atoms with Gasteiger partial charge in [-0.3, -0.25) is 0 Å². The van der Waals surface area contributed by atoms with Crippen LogP contribution in [-0.4, -0.2) is 61.4 Å². The molecule has 0 aliphatic carbocycles. The van der Waals surface area contributed by atoms with Gasteiger partial charge in [-0.25, -0.2) is 4.68 Å². The Hall–Kier alpha value is -2.94. The third-order valence-corrected chi connectivity index (χ3v) is 5.07. The lowest BCUT2D eigenvalue weighted by atomic mass is 10.1. The van der Waals surface area contributed by atoms with Crippen LogP contribution in [0.4, 0.5) is 11.8 Å². The quantitative estimate of drug-likeness (QED) is 0.660. The van der Waals surface area contributed by atoms with Crippen LogP contribution in [-0.2, 0) is 6.54 Å². The number of nitrogens with zero attached hydrogens (tertiary/aromatic N) is 6. The molecule has 3 aromatic rings. The molecule has 30 heavy (non-hydrogen) atoms. The van der Waals surface area contributed by atoms with Crippen LogP contribution in [0.1, 0.15) is 39.7 Å². The van der Waals surface area contributed by atoms with Crippen LogP contribution in [0.3, 0.4) is 0 Å². The Morgan fingerprint density at radius 2 is 1.93 bits per heavy atom. The number of hydrogen-bond donors (Lipinski definition) is 2. The number of methoxy groups -OCH3 is 1. The molecule has 9 nitrogen and oxygen atoms in total. The van der Waals surface area contributed by atoms with Crippen molar-refractivity contribution in [2.45, 2.75) is 51.8 Å². The van der Waals surface area contributed by atoms with Crippen molar-refractivity contribution in [3.63, 3.8) is 0 Å². The molecule has 1 aliphatic heterocycles. The Morgan fingerprint density at radius 3 is 2.53 bits per heavy atom. The van der Waals surface area contributed by atoms with E-state index in [-0.39, 0.29) is 5.54 Å². The van der Waals surface area contributed by atoms with Gasteiger partial charge in [-0.2, -0.15) is 9.97 Å². The number of benzene rings is 1. The van der Waals surface area contributed by atoms with E-state index in [1.807, 2.05) is 31.2 Å². The highest BCUT2D eigenvalue weighted by Gasteiger charge is 2.34. The highest BCUT2D eigenvalue weighted by Crippen LogP contribution is 2.31. The van der Waals surface area contributed by atoms with Crippen molar-refractivity contribution >= 4 is 22.9 Å². The van der Waals surface area contributed by atoms with Gasteiger partial charge in [-0.1, -0.05) is 17.3 Å². The van der Waals surface area contributed by atoms with E-state index in [0.717, 1.165) is 11.3 Å². The molecule has 3 heterocycles. The Bertz CT molecular complexity index is 1040. The molecule has 9 heteroatoms. The van der Waals surface area contributed by atoms with Crippen molar-refractivity contribution < 1.29 is 9.84 Å². The highest BCUT2D eigenvalue weighted by atomic mass is 16.5. The lowest BCUT2D eigenvalue weighted by Gasteiger charge is -2.23. The fraction of sp³-hybridized carbons (Fsp3) is 0.524. The normalized spacial score (nSPS) is 19.5. The van der Waals surface area contributed by atoms with Crippen LogP contribution in [0.15, 0.2) is 24.3 Å². The summed E-state index contributed by atoms with van der Waals surface area (Å²) < 4.78 is 7.02. The van der Waals surface area contributed by atoms with Crippen LogP contribution in [0.2, 0.25) is 0 Å². The summed E-state index contributed by atoms with van der Waals surface area (Å²) in [7, 11) is 1.65. The molecule has 1 aromatic carbocycles. The molecule has 0 unspecified atom stereocenters. The summed E-state index contributed by atoms with van der Waals surface area (Å²) in [6.07, 6.45) is 0.681. The molecule has 0 spiro atoms. The molecule has 2 aromatic heterocycles. The van der Waals surface area contributed by atoms with Crippen molar-refractivity contribution in [1.82, 2.24) is 25.0 Å². The molecule has 4 rings (SSSR count). The maximum Gasteiger partial charge on any atom is 0.227 e. The van der Waals surface area contributed by atoms with E-state index in [9.17, 15) is 5.11 Å². The second-order valence-electron chi connectivity index (χ2n) is 9.18. The van der Waals surface area contributed by atoms with Gasteiger partial charge >= 0.3 is 0 Å². The lowest BCUT2D eigenvalue weighted by Crippen LogP contribution is -2.31. The minimum Gasteiger partial charge on any atom is -0.497 e. The van der Waals surface area contributed by atoms with E-state index in [2.05, 4.69) is 41.3 Å². The van der Waals surface area contributed by atoms with Gasteiger partial charge in [0.2, 0.25) is 5.95 Å². The van der Waals surface area contributed by atoms with Gasteiger partial charge in [-0.15, -0.1) is 5.10 Å². The number of β-amino-alcohol motifs (C(OH)–C–C–N with tert-alkyl or cyclic N) is 1. The van der Waals surface area contributed by atoms with E-state index in [1.165, 1.54) is 0 Å². The Balaban J connectivity index is 1.75. The molecular formula is C21H29N7O2. The zero-order valence-corrected chi connectivity index (χ0v) is 18.2.